The van der Waals surface area contributed by atoms with Gasteiger partial charge in [-0.2, -0.15) is 0 Å². The first-order chi connectivity index (χ1) is 12.2. The zero-order valence-corrected chi connectivity index (χ0v) is 13.4. The largest absolute Gasteiger partial charge is 0.378 e. The Morgan fingerprint density at radius 2 is 1.96 bits per heavy atom. The van der Waals surface area contributed by atoms with E-state index in [0.29, 0.717) is 54.4 Å². The number of benzene rings is 1. The third kappa shape index (κ3) is 3.11. The van der Waals surface area contributed by atoms with Crippen molar-refractivity contribution in [1.82, 2.24) is 15.0 Å². The topological polar surface area (TPSA) is 103 Å². The Bertz CT molecular complexity index is 972. The van der Waals surface area contributed by atoms with E-state index in [1.54, 1.807) is 36.5 Å². The molecule has 1 saturated heterocycles. The van der Waals surface area contributed by atoms with E-state index < -0.39 is 0 Å². The third-order valence-electron chi connectivity index (χ3n) is 4.12. The molecule has 4 rings (SSSR count). The molecule has 2 aromatic heterocycles. The van der Waals surface area contributed by atoms with Crippen LogP contribution in [0.25, 0.3) is 11.0 Å². The molecule has 25 heavy (non-hydrogen) atoms. The summed E-state index contributed by atoms with van der Waals surface area (Å²) in [5, 5.41) is 2.87. The number of morpholine rings is 1. The van der Waals surface area contributed by atoms with Crippen molar-refractivity contribution in [3.8, 4) is 0 Å². The first-order valence-corrected chi connectivity index (χ1v) is 8.02. The fraction of sp³-hybridized carbons (Fsp3) is 0.235. The van der Waals surface area contributed by atoms with Crippen LogP contribution in [0.2, 0.25) is 0 Å². The van der Waals surface area contributed by atoms with Gasteiger partial charge in [-0.15, -0.1) is 0 Å². The van der Waals surface area contributed by atoms with E-state index in [1.807, 2.05) is 4.90 Å². The van der Waals surface area contributed by atoms with Gasteiger partial charge < -0.3 is 24.9 Å². The molecular weight excluding hydrogens is 322 g/mol. The molecule has 1 fully saturated rings. The highest BCUT2D eigenvalue weighted by Gasteiger charge is 2.20. The standard InChI is InChI=1S/C17H17N5O3/c23-16(19-11-3-4-13-14(10-11)21-17(24)20-13)12-2-1-5-18-15(12)22-6-8-25-9-7-22/h1-5,10H,6-9H2,(H,19,23)(H2,20,21,24). The van der Waals surface area contributed by atoms with Gasteiger partial charge in [0.15, 0.2) is 0 Å². The molecule has 0 saturated carbocycles. The molecule has 0 unspecified atom stereocenters. The number of H-pyrrole nitrogens is 2. The molecule has 1 amide bonds. The maximum Gasteiger partial charge on any atom is 0.323 e. The van der Waals surface area contributed by atoms with Crippen LogP contribution < -0.4 is 15.9 Å². The number of carbonyl (C=O) groups is 1. The Labute approximate surface area is 142 Å². The number of aromatic nitrogens is 3. The molecule has 0 atom stereocenters. The first kappa shape index (κ1) is 15.4. The predicted octanol–water partition coefficient (Wildman–Crippen LogP) is 1.34. The highest BCUT2D eigenvalue weighted by Crippen LogP contribution is 2.21. The molecule has 0 aliphatic carbocycles. The Balaban J connectivity index is 1.60. The maximum atomic E-state index is 12.7. The Kier molecular flexibility index (Phi) is 3.95. The molecule has 3 heterocycles. The van der Waals surface area contributed by atoms with Gasteiger partial charge in [-0.25, -0.2) is 9.78 Å². The van der Waals surface area contributed by atoms with E-state index in [9.17, 15) is 9.59 Å². The van der Waals surface area contributed by atoms with Crippen LogP contribution in [0.3, 0.4) is 0 Å². The summed E-state index contributed by atoms with van der Waals surface area (Å²) in [5.41, 5.74) is 2.16. The average Bonchev–Trinajstić information content (AvgIpc) is 3.02. The van der Waals surface area contributed by atoms with Crippen molar-refractivity contribution in [2.24, 2.45) is 0 Å². The van der Waals surface area contributed by atoms with E-state index in [4.69, 9.17) is 4.74 Å². The molecule has 128 valence electrons. The predicted molar refractivity (Wildman–Crippen MR) is 94.1 cm³/mol. The number of hydrogen-bond acceptors (Lipinski definition) is 5. The molecule has 1 aromatic carbocycles. The van der Waals surface area contributed by atoms with Gasteiger partial charge in [-0.1, -0.05) is 0 Å². The number of pyridine rings is 1. The summed E-state index contributed by atoms with van der Waals surface area (Å²) < 4.78 is 5.36. The SMILES string of the molecule is O=C(Nc1ccc2[nH]c(=O)[nH]c2c1)c1cccnc1N1CCOCC1. The van der Waals surface area contributed by atoms with E-state index in [-0.39, 0.29) is 11.6 Å². The minimum atomic E-state index is -0.277. The third-order valence-corrected chi connectivity index (χ3v) is 4.12. The molecule has 3 aromatic rings. The van der Waals surface area contributed by atoms with Gasteiger partial charge in [0.1, 0.15) is 5.82 Å². The summed E-state index contributed by atoms with van der Waals surface area (Å²) in [6, 6.07) is 8.70. The number of amides is 1. The lowest BCUT2D eigenvalue weighted by molar-refractivity contribution is 0.102. The number of rotatable bonds is 3. The van der Waals surface area contributed by atoms with Gasteiger partial charge in [0, 0.05) is 25.0 Å². The van der Waals surface area contributed by atoms with E-state index >= 15 is 0 Å². The van der Waals surface area contributed by atoms with Crippen LogP contribution in [-0.4, -0.2) is 47.2 Å². The van der Waals surface area contributed by atoms with Crippen molar-refractivity contribution in [2.75, 3.05) is 36.5 Å². The quantitative estimate of drug-likeness (QED) is 0.668. The van der Waals surface area contributed by atoms with Crippen LogP contribution in [0.5, 0.6) is 0 Å². The zero-order valence-electron chi connectivity index (χ0n) is 13.4. The molecule has 8 nitrogen and oxygen atoms in total. The number of fused-ring (bicyclic) bond motifs is 1. The second-order valence-corrected chi connectivity index (χ2v) is 5.77. The highest BCUT2D eigenvalue weighted by molar-refractivity contribution is 6.08. The van der Waals surface area contributed by atoms with Gasteiger partial charge in [0.25, 0.3) is 5.91 Å². The minimum Gasteiger partial charge on any atom is -0.378 e. The smallest absolute Gasteiger partial charge is 0.323 e. The van der Waals surface area contributed by atoms with Crippen LogP contribution in [-0.2, 0) is 4.74 Å². The van der Waals surface area contributed by atoms with Crippen molar-refractivity contribution in [2.45, 2.75) is 0 Å². The molecule has 0 radical (unpaired) electrons. The van der Waals surface area contributed by atoms with E-state index in [1.165, 1.54) is 0 Å². The normalized spacial score (nSPS) is 14.6. The number of anilines is 2. The van der Waals surface area contributed by atoms with Crippen LogP contribution in [0.15, 0.2) is 41.3 Å². The Morgan fingerprint density at radius 1 is 1.16 bits per heavy atom. The van der Waals surface area contributed by atoms with Crippen LogP contribution in [0.4, 0.5) is 11.5 Å². The monoisotopic (exact) mass is 339 g/mol. The average molecular weight is 339 g/mol. The number of aromatic amines is 2. The van der Waals surface area contributed by atoms with Crippen LogP contribution in [0.1, 0.15) is 10.4 Å². The summed E-state index contributed by atoms with van der Waals surface area (Å²) in [5.74, 6) is 0.409. The molecule has 0 bridgehead atoms. The lowest BCUT2D eigenvalue weighted by Crippen LogP contribution is -2.38. The number of carbonyl (C=O) groups excluding carboxylic acids is 1. The summed E-state index contributed by atoms with van der Waals surface area (Å²) in [6.45, 7) is 2.64. The lowest BCUT2D eigenvalue weighted by Gasteiger charge is -2.29. The Morgan fingerprint density at radius 3 is 2.80 bits per heavy atom. The second kappa shape index (κ2) is 6.40. The van der Waals surface area contributed by atoms with Crippen molar-refractivity contribution in [3.05, 3.63) is 52.6 Å². The summed E-state index contributed by atoms with van der Waals surface area (Å²) in [6.07, 6.45) is 1.68. The molecule has 1 aliphatic rings. The first-order valence-electron chi connectivity index (χ1n) is 8.02. The lowest BCUT2D eigenvalue weighted by atomic mass is 10.2. The number of nitrogens with one attached hydrogen (secondary N) is 3. The summed E-state index contributed by atoms with van der Waals surface area (Å²) >= 11 is 0. The number of ether oxygens (including phenoxy) is 1. The van der Waals surface area contributed by atoms with Crippen LogP contribution in [0, 0.1) is 0 Å². The van der Waals surface area contributed by atoms with E-state index in [0.717, 1.165) is 0 Å². The summed E-state index contributed by atoms with van der Waals surface area (Å²) in [7, 11) is 0. The number of nitrogens with zero attached hydrogens (tertiary/aromatic N) is 2. The van der Waals surface area contributed by atoms with Crippen molar-refractivity contribution in [1.29, 1.82) is 0 Å². The van der Waals surface area contributed by atoms with Crippen molar-refractivity contribution < 1.29 is 9.53 Å². The van der Waals surface area contributed by atoms with Gasteiger partial charge in [-0.05, 0) is 30.3 Å². The van der Waals surface area contributed by atoms with Gasteiger partial charge in [-0.3, -0.25) is 4.79 Å². The van der Waals surface area contributed by atoms with Crippen molar-refractivity contribution in [3.63, 3.8) is 0 Å². The van der Waals surface area contributed by atoms with Crippen molar-refractivity contribution >= 4 is 28.4 Å². The summed E-state index contributed by atoms with van der Waals surface area (Å²) in [4.78, 5) is 35.8. The van der Waals surface area contributed by atoms with E-state index in [2.05, 4.69) is 20.3 Å². The molecule has 0 spiro atoms. The van der Waals surface area contributed by atoms with Gasteiger partial charge in [0.2, 0.25) is 0 Å². The second-order valence-electron chi connectivity index (χ2n) is 5.77. The zero-order chi connectivity index (χ0) is 17.2. The number of imidazole rings is 1. The molecular formula is C17H17N5O3. The minimum absolute atomic E-state index is 0.244. The molecule has 3 N–H and O–H groups in total. The highest BCUT2D eigenvalue weighted by atomic mass is 16.5. The molecule has 8 heteroatoms. The molecule has 1 aliphatic heterocycles. The van der Waals surface area contributed by atoms with Crippen LogP contribution >= 0.6 is 0 Å². The van der Waals surface area contributed by atoms with Gasteiger partial charge >= 0.3 is 5.69 Å². The fourth-order valence-electron chi connectivity index (χ4n) is 2.91. The Hall–Kier alpha value is -3.13. The number of hydrogen-bond donors (Lipinski definition) is 3. The fourth-order valence-corrected chi connectivity index (χ4v) is 2.91. The van der Waals surface area contributed by atoms with Gasteiger partial charge in [0.05, 0.1) is 29.8 Å². The maximum absolute atomic E-state index is 12.7.